The van der Waals surface area contributed by atoms with Gasteiger partial charge in [0.05, 0.1) is 6.04 Å². The summed E-state index contributed by atoms with van der Waals surface area (Å²) < 4.78 is 44.9. The topological polar surface area (TPSA) is 83.0 Å². The molecule has 11 heteroatoms. The number of amides is 1. The van der Waals surface area contributed by atoms with Gasteiger partial charge >= 0.3 is 18.2 Å². The average molecular weight is 423 g/mol. The van der Waals surface area contributed by atoms with Crippen LogP contribution in [0.4, 0.5) is 23.1 Å². The van der Waals surface area contributed by atoms with Gasteiger partial charge in [0.1, 0.15) is 10.5 Å². The smallest absolute Gasteiger partial charge is 0.435 e. The predicted molar refractivity (Wildman–Crippen MR) is 97.9 cm³/mol. The van der Waals surface area contributed by atoms with Gasteiger partial charge in [-0.05, 0) is 26.7 Å². The summed E-state index contributed by atoms with van der Waals surface area (Å²) in [4.78, 5) is 29.5. The summed E-state index contributed by atoms with van der Waals surface area (Å²) in [5.74, 6) is -1.68. The molecule has 2 heterocycles. The quantitative estimate of drug-likeness (QED) is 0.793. The minimum atomic E-state index is -4.85. The van der Waals surface area contributed by atoms with Gasteiger partial charge in [0.25, 0.3) is 0 Å². The maximum Gasteiger partial charge on any atom is 0.435 e. The molecule has 0 radical (unpaired) electrons. The molecule has 1 N–H and O–H groups in total. The molecule has 0 saturated carbocycles. The lowest BCUT2D eigenvalue weighted by Crippen LogP contribution is -2.57. The summed E-state index contributed by atoms with van der Waals surface area (Å²) in [7, 11) is 0. The number of carbonyl (C=O) groups excluding carboxylic acids is 1. The zero-order valence-electron chi connectivity index (χ0n) is 16.3. The lowest BCUT2D eigenvalue weighted by atomic mass is 10.0. The second-order valence-corrected chi connectivity index (χ2v) is 8.89. The van der Waals surface area contributed by atoms with Crippen molar-refractivity contribution in [2.45, 2.75) is 52.4 Å². The van der Waals surface area contributed by atoms with Crippen LogP contribution in [0, 0.1) is 5.92 Å². The van der Waals surface area contributed by atoms with E-state index in [9.17, 15) is 22.8 Å². The average Bonchev–Trinajstić information content (AvgIpc) is 2.98. The first-order chi connectivity index (χ1) is 12.7. The molecule has 0 aromatic carbocycles. The molecule has 1 atom stereocenters. The van der Waals surface area contributed by atoms with Crippen LogP contribution in [0.2, 0.25) is 0 Å². The number of alkyl halides is 3. The van der Waals surface area contributed by atoms with Gasteiger partial charge in [-0.3, -0.25) is 0 Å². The number of hydrogen-bond acceptors (Lipinski definition) is 6. The lowest BCUT2D eigenvalue weighted by Gasteiger charge is -2.43. The van der Waals surface area contributed by atoms with Gasteiger partial charge in [-0.2, -0.15) is 13.2 Å². The minimum absolute atomic E-state index is 0.00716. The van der Waals surface area contributed by atoms with Crippen LogP contribution in [-0.4, -0.2) is 58.3 Å². The van der Waals surface area contributed by atoms with Gasteiger partial charge in [0.2, 0.25) is 0 Å². The summed E-state index contributed by atoms with van der Waals surface area (Å²) in [6.45, 7) is 9.73. The van der Waals surface area contributed by atoms with Gasteiger partial charge in [0.15, 0.2) is 10.8 Å². The van der Waals surface area contributed by atoms with Crippen molar-refractivity contribution in [2.24, 2.45) is 5.92 Å². The molecule has 0 unspecified atom stereocenters. The summed E-state index contributed by atoms with van der Waals surface area (Å²) in [6.07, 6.45) is -5.34. The van der Waals surface area contributed by atoms with E-state index >= 15 is 0 Å². The molecule has 0 spiro atoms. The standard InChI is InChI=1S/C17H24F3N3O4S/c1-9(2)10-8-22(15(26)27-16(3,4)5)6-7-23(10)14-21-12(17(18,19)20)11(28-14)13(24)25/h9-10H,6-8H2,1-5H3,(H,24,25)/t10-/m0/s1. The lowest BCUT2D eigenvalue weighted by molar-refractivity contribution is -0.141. The molecule has 158 valence electrons. The summed E-state index contributed by atoms with van der Waals surface area (Å²) in [6, 6.07) is -0.324. The van der Waals surface area contributed by atoms with E-state index in [2.05, 4.69) is 4.98 Å². The predicted octanol–water partition coefficient (Wildman–Crippen LogP) is 3.94. The van der Waals surface area contributed by atoms with Crippen LogP contribution >= 0.6 is 11.3 Å². The van der Waals surface area contributed by atoms with Gasteiger partial charge < -0.3 is 19.6 Å². The van der Waals surface area contributed by atoms with Gasteiger partial charge in [-0.25, -0.2) is 14.6 Å². The third-order valence-electron chi connectivity index (χ3n) is 4.16. The third kappa shape index (κ3) is 5.06. The van der Waals surface area contributed by atoms with Gasteiger partial charge in [-0.15, -0.1) is 0 Å². The Bertz CT molecular complexity index is 743. The van der Waals surface area contributed by atoms with Crippen molar-refractivity contribution in [1.82, 2.24) is 9.88 Å². The van der Waals surface area contributed by atoms with Crippen LogP contribution in [0.25, 0.3) is 0 Å². The van der Waals surface area contributed by atoms with Gasteiger partial charge in [-0.1, -0.05) is 25.2 Å². The van der Waals surface area contributed by atoms with Crippen molar-refractivity contribution < 1.29 is 32.6 Å². The van der Waals surface area contributed by atoms with Crippen molar-refractivity contribution in [3.63, 3.8) is 0 Å². The number of carbonyl (C=O) groups is 2. The molecule has 28 heavy (non-hydrogen) atoms. The number of anilines is 1. The van der Waals surface area contributed by atoms with Crippen molar-refractivity contribution in [2.75, 3.05) is 24.5 Å². The Balaban J connectivity index is 2.30. The van der Waals surface area contributed by atoms with E-state index in [4.69, 9.17) is 9.84 Å². The number of aromatic nitrogens is 1. The number of nitrogens with zero attached hydrogens (tertiary/aromatic N) is 3. The monoisotopic (exact) mass is 423 g/mol. The molecule has 1 aromatic rings. The molecule has 1 saturated heterocycles. The number of thiazole rings is 1. The van der Waals surface area contributed by atoms with Crippen LogP contribution < -0.4 is 4.90 Å². The van der Waals surface area contributed by atoms with Crippen LogP contribution in [0.3, 0.4) is 0 Å². The van der Waals surface area contributed by atoms with Crippen molar-refractivity contribution >= 4 is 28.5 Å². The normalized spacial score (nSPS) is 18.5. The highest BCUT2D eigenvalue weighted by atomic mass is 32.1. The van der Waals surface area contributed by atoms with E-state index in [1.54, 1.807) is 25.7 Å². The number of hydrogen-bond donors (Lipinski definition) is 1. The van der Waals surface area contributed by atoms with Crippen LogP contribution in [-0.2, 0) is 10.9 Å². The van der Waals surface area contributed by atoms with Crippen molar-refractivity contribution in [3.8, 4) is 0 Å². The first-order valence-corrected chi connectivity index (χ1v) is 9.58. The molecule has 1 aliphatic heterocycles. The number of halogens is 3. The first kappa shape index (κ1) is 22.3. The number of aromatic carboxylic acids is 1. The number of ether oxygens (including phenoxy) is 1. The fourth-order valence-electron chi connectivity index (χ4n) is 2.88. The maximum absolute atomic E-state index is 13.2. The van der Waals surface area contributed by atoms with E-state index in [0.29, 0.717) is 11.3 Å². The molecule has 1 amide bonds. The molecule has 2 rings (SSSR count). The fourth-order valence-corrected chi connectivity index (χ4v) is 3.89. The second-order valence-electron chi connectivity index (χ2n) is 7.91. The number of carboxylic acids is 1. The summed E-state index contributed by atoms with van der Waals surface area (Å²) in [5.41, 5.74) is -2.05. The number of carboxylic acid groups (broad SMARTS) is 1. The van der Waals surface area contributed by atoms with E-state index in [0.717, 1.165) is 0 Å². The molecule has 1 aliphatic rings. The third-order valence-corrected chi connectivity index (χ3v) is 5.24. The van der Waals surface area contributed by atoms with Crippen LogP contribution in [0.5, 0.6) is 0 Å². The molecule has 7 nitrogen and oxygen atoms in total. The number of piperazine rings is 1. The van der Waals surface area contributed by atoms with E-state index < -0.39 is 34.4 Å². The zero-order chi connectivity index (χ0) is 21.4. The Kier molecular flexibility index (Phi) is 6.17. The van der Waals surface area contributed by atoms with E-state index in [-0.39, 0.29) is 36.7 Å². The highest BCUT2D eigenvalue weighted by Crippen LogP contribution is 2.39. The van der Waals surface area contributed by atoms with Crippen molar-refractivity contribution in [1.29, 1.82) is 0 Å². The molecule has 0 bridgehead atoms. The highest BCUT2D eigenvalue weighted by molar-refractivity contribution is 7.17. The number of rotatable bonds is 3. The zero-order valence-corrected chi connectivity index (χ0v) is 17.1. The highest BCUT2D eigenvalue weighted by Gasteiger charge is 2.42. The Morgan fingerprint density at radius 1 is 1.25 bits per heavy atom. The summed E-state index contributed by atoms with van der Waals surface area (Å²) >= 11 is 0.502. The fraction of sp³-hybridized carbons (Fsp3) is 0.706. The Morgan fingerprint density at radius 2 is 1.86 bits per heavy atom. The van der Waals surface area contributed by atoms with E-state index in [1.165, 1.54) is 4.90 Å². The molecular formula is C17H24F3N3O4S. The Hall–Kier alpha value is -2.04. The molecule has 1 fully saturated rings. The second kappa shape index (κ2) is 7.76. The molecule has 1 aromatic heterocycles. The first-order valence-electron chi connectivity index (χ1n) is 8.76. The summed E-state index contributed by atoms with van der Waals surface area (Å²) in [5, 5.41) is 9.11. The van der Waals surface area contributed by atoms with Crippen LogP contribution in [0.1, 0.15) is 50.0 Å². The van der Waals surface area contributed by atoms with Crippen molar-refractivity contribution in [3.05, 3.63) is 10.6 Å². The minimum Gasteiger partial charge on any atom is -0.477 e. The molecular weight excluding hydrogens is 399 g/mol. The Labute approximate surface area is 165 Å². The largest absolute Gasteiger partial charge is 0.477 e. The SMILES string of the molecule is CC(C)[C@@H]1CN(C(=O)OC(C)(C)C)CCN1c1nc(C(F)(F)F)c(C(=O)O)s1. The Morgan fingerprint density at radius 3 is 2.29 bits per heavy atom. The molecule has 0 aliphatic carbocycles. The van der Waals surface area contributed by atoms with Gasteiger partial charge in [0, 0.05) is 19.6 Å². The van der Waals surface area contributed by atoms with E-state index in [1.807, 2.05) is 13.8 Å². The van der Waals surface area contributed by atoms with Crippen LogP contribution in [0.15, 0.2) is 0 Å². The maximum atomic E-state index is 13.2.